The molecule has 4 rings (SSSR count). The summed E-state index contributed by atoms with van der Waals surface area (Å²) in [4.78, 5) is 12.8. The molecule has 134 valence electrons. The van der Waals surface area contributed by atoms with Crippen LogP contribution in [0.5, 0.6) is 0 Å². The first-order valence-corrected chi connectivity index (χ1v) is 8.79. The van der Waals surface area contributed by atoms with Gasteiger partial charge in [0.05, 0.1) is 0 Å². The van der Waals surface area contributed by atoms with E-state index >= 15 is 0 Å². The number of nitrogens with one attached hydrogen (secondary N) is 1. The molecule has 0 saturated heterocycles. The van der Waals surface area contributed by atoms with Gasteiger partial charge in [0.25, 0.3) is 5.91 Å². The maximum atomic E-state index is 12.8. The second-order valence-corrected chi connectivity index (χ2v) is 6.34. The van der Waals surface area contributed by atoms with E-state index in [1.165, 1.54) is 0 Å². The molecule has 2 N–H and O–H groups in total. The molecule has 4 aromatic carbocycles. The van der Waals surface area contributed by atoms with Gasteiger partial charge in [0.2, 0.25) is 0 Å². The van der Waals surface area contributed by atoms with Crippen LogP contribution in [0.15, 0.2) is 90.5 Å². The lowest BCUT2D eigenvalue weighted by atomic mass is 10.0. The number of rotatable bonds is 3. The Balaban J connectivity index is 1.77. The summed E-state index contributed by atoms with van der Waals surface area (Å²) in [5.41, 5.74) is 0.702. The standard InChI is InChI=1S/C24H16N2O2/c25-15-21(23(27)20-13-5-9-16-7-1-3-11-18(16)20)24(28)26-22-14-6-10-17-8-2-4-12-19(17)22/h1-14,27H,(H,26,28)/b23-21-. The van der Waals surface area contributed by atoms with Crippen LogP contribution in [-0.2, 0) is 4.79 Å². The van der Waals surface area contributed by atoms with E-state index in [0.29, 0.717) is 11.3 Å². The molecule has 0 aliphatic heterocycles. The summed E-state index contributed by atoms with van der Waals surface area (Å²) < 4.78 is 0. The Labute approximate surface area is 162 Å². The van der Waals surface area contributed by atoms with Crippen LogP contribution in [0.25, 0.3) is 27.3 Å². The third kappa shape index (κ3) is 3.06. The van der Waals surface area contributed by atoms with Gasteiger partial charge in [0, 0.05) is 16.6 Å². The predicted octanol–water partition coefficient (Wildman–Crippen LogP) is 5.42. The van der Waals surface area contributed by atoms with Gasteiger partial charge in [0.15, 0.2) is 5.57 Å². The van der Waals surface area contributed by atoms with Crippen molar-refractivity contribution in [2.45, 2.75) is 0 Å². The van der Waals surface area contributed by atoms with E-state index in [1.54, 1.807) is 18.2 Å². The zero-order chi connectivity index (χ0) is 19.5. The second-order valence-electron chi connectivity index (χ2n) is 6.34. The minimum absolute atomic E-state index is 0.329. The summed E-state index contributed by atoms with van der Waals surface area (Å²) in [6.45, 7) is 0. The third-order valence-electron chi connectivity index (χ3n) is 4.66. The minimum Gasteiger partial charge on any atom is -0.506 e. The van der Waals surface area contributed by atoms with Crippen molar-refractivity contribution in [3.05, 3.63) is 96.1 Å². The highest BCUT2D eigenvalue weighted by Crippen LogP contribution is 2.27. The molecule has 4 aromatic rings. The number of hydrogen-bond donors (Lipinski definition) is 2. The normalized spacial score (nSPS) is 11.7. The van der Waals surface area contributed by atoms with Crippen LogP contribution in [0.1, 0.15) is 5.56 Å². The van der Waals surface area contributed by atoms with Crippen molar-refractivity contribution >= 4 is 38.9 Å². The molecule has 4 nitrogen and oxygen atoms in total. The summed E-state index contributed by atoms with van der Waals surface area (Å²) >= 11 is 0. The van der Waals surface area contributed by atoms with Gasteiger partial charge in [-0.3, -0.25) is 4.79 Å². The highest BCUT2D eigenvalue weighted by atomic mass is 16.3. The molecule has 0 heterocycles. The van der Waals surface area contributed by atoms with E-state index in [1.807, 2.05) is 72.8 Å². The van der Waals surface area contributed by atoms with Crippen molar-refractivity contribution < 1.29 is 9.90 Å². The van der Waals surface area contributed by atoms with Gasteiger partial charge in [-0.1, -0.05) is 78.9 Å². The van der Waals surface area contributed by atoms with Crippen LogP contribution >= 0.6 is 0 Å². The Bertz CT molecular complexity index is 1270. The Hall–Kier alpha value is -4.10. The van der Waals surface area contributed by atoms with Crippen molar-refractivity contribution in [2.24, 2.45) is 0 Å². The van der Waals surface area contributed by atoms with Crippen molar-refractivity contribution in [3.8, 4) is 6.07 Å². The number of amides is 1. The van der Waals surface area contributed by atoms with Crippen molar-refractivity contribution in [1.82, 2.24) is 0 Å². The van der Waals surface area contributed by atoms with E-state index in [0.717, 1.165) is 21.5 Å². The van der Waals surface area contributed by atoms with Crippen LogP contribution in [0.4, 0.5) is 5.69 Å². The van der Waals surface area contributed by atoms with Crippen LogP contribution < -0.4 is 5.32 Å². The van der Waals surface area contributed by atoms with Gasteiger partial charge in [-0.05, 0) is 22.2 Å². The number of hydrogen-bond acceptors (Lipinski definition) is 3. The SMILES string of the molecule is N#C/C(C(=O)Nc1cccc2ccccc12)=C(/O)c1cccc2ccccc12. The highest BCUT2D eigenvalue weighted by Gasteiger charge is 2.19. The van der Waals surface area contributed by atoms with Crippen LogP contribution in [-0.4, -0.2) is 11.0 Å². The first kappa shape index (κ1) is 17.3. The fourth-order valence-corrected chi connectivity index (χ4v) is 3.30. The van der Waals surface area contributed by atoms with Crippen LogP contribution in [0.3, 0.4) is 0 Å². The summed E-state index contributed by atoms with van der Waals surface area (Å²) in [6.07, 6.45) is 0. The van der Waals surface area contributed by atoms with Gasteiger partial charge in [-0.2, -0.15) is 5.26 Å². The lowest BCUT2D eigenvalue weighted by Crippen LogP contribution is -2.15. The van der Waals surface area contributed by atoms with E-state index in [-0.39, 0.29) is 11.3 Å². The largest absolute Gasteiger partial charge is 0.506 e. The quantitative estimate of drug-likeness (QED) is 0.289. The van der Waals surface area contributed by atoms with E-state index in [4.69, 9.17) is 0 Å². The Kier molecular flexibility index (Phi) is 4.49. The predicted molar refractivity (Wildman–Crippen MR) is 112 cm³/mol. The second kappa shape index (κ2) is 7.26. The molecule has 0 bridgehead atoms. The Morgan fingerprint density at radius 3 is 2.07 bits per heavy atom. The van der Waals surface area contributed by atoms with E-state index in [2.05, 4.69) is 5.32 Å². The molecule has 0 spiro atoms. The number of benzene rings is 4. The number of nitriles is 1. The zero-order valence-electron chi connectivity index (χ0n) is 14.9. The number of aliphatic hydroxyl groups excluding tert-OH is 1. The molecule has 0 atom stereocenters. The molecule has 1 amide bonds. The van der Waals surface area contributed by atoms with Gasteiger partial charge < -0.3 is 10.4 Å². The zero-order valence-corrected chi connectivity index (χ0v) is 14.9. The maximum Gasteiger partial charge on any atom is 0.270 e. The first-order chi connectivity index (χ1) is 13.7. The Morgan fingerprint density at radius 2 is 1.36 bits per heavy atom. The number of carbonyl (C=O) groups excluding carboxylic acids is 1. The van der Waals surface area contributed by atoms with Gasteiger partial charge in [-0.25, -0.2) is 0 Å². The molecule has 0 aromatic heterocycles. The molecule has 0 aliphatic carbocycles. The van der Waals surface area contributed by atoms with Gasteiger partial charge in [-0.15, -0.1) is 0 Å². The number of nitrogens with zero attached hydrogens (tertiary/aromatic N) is 1. The summed E-state index contributed by atoms with van der Waals surface area (Å²) in [7, 11) is 0. The molecule has 0 saturated carbocycles. The molecular formula is C24H16N2O2. The molecule has 0 unspecified atom stereocenters. The monoisotopic (exact) mass is 364 g/mol. The third-order valence-corrected chi connectivity index (χ3v) is 4.66. The topological polar surface area (TPSA) is 73.1 Å². The maximum absolute atomic E-state index is 12.8. The summed E-state index contributed by atoms with van der Waals surface area (Å²) in [5.74, 6) is -0.985. The molecule has 0 aliphatic rings. The molecule has 0 radical (unpaired) electrons. The van der Waals surface area contributed by atoms with Crippen molar-refractivity contribution in [2.75, 3.05) is 5.32 Å². The number of carbonyl (C=O) groups is 1. The number of anilines is 1. The number of fused-ring (bicyclic) bond motifs is 2. The average Bonchev–Trinajstić information content (AvgIpc) is 2.74. The molecule has 4 heteroatoms. The van der Waals surface area contributed by atoms with E-state index < -0.39 is 5.91 Å². The minimum atomic E-state index is -0.649. The molecule has 28 heavy (non-hydrogen) atoms. The van der Waals surface area contributed by atoms with E-state index in [9.17, 15) is 15.2 Å². The fraction of sp³-hybridized carbons (Fsp3) is 0. The van der Waals surface area contributed by atoms with Gasteiger partial charge in [0.1, 0.15) is 11.8 Å². The first-order valence-electron chi connectivity index (χ1n) is 8.79. The van der Waals surface area contributed by atoms with Crippen LogP contribution in [0, 0.1) is 11.3 Å². The van der Waals surface area contributed by atoms with Crippen molar-refractivity contribution in [3.63, 3.8) is 0 Å². The smallest absolute Gasteiger partial charge is 0.270 e. The lowest BCUT2D eigenvalue weighted by Gasteiger charge is -2.10. The molecule has 0 fully saturated rings. The summed E-state index contributed by atoms with van der Waals surface area (Å²) in [6, 6.07) is 27.9. The van der Waals surface area contributed by atoms with Crippen LogP contribution in [0.2, 0.25) is 0 Å². The fourth-order valence-electron chi connectivity index (χ4n) is 3.30. The van der Waals surface area contributed by atoms with Gasteiger partial charge >= 0.3 is 0 Å². The van der Waals surface area contributed by atoms with Crippen molar-refractivity contribution in [1.29, 1.82) is 5.26 Å². The molecular weight excluding hydrogens is 348 g/mol. The summed E-state index contributed by atoms with van der Waals surface area (Å²) in [5, 5.41) is 26.6. The lowest BCUT2D eigenvalue weighted by molar-refractivity contribution is -0.112. The number of aliphatic hydroxyl groups is 1. The Morgan fingerprint density at radius 1 is 0.786 bits per heavy atom. The average molecular weight is 364 g/mol. The highest BCUT2D eigenvalue weighted by molar-refractivity contribution is 6.14.